The van der Waals surface area contributed by atoms with E-state index in [1.54, 1.807) is 6.07 Å². The first-order valence-electron chi connectivity index (χ1n) is 12.0. The highest BCUT2D eigenvalue weighted by molar-refractivity contribution is 6.01. The summed E-state index contributed by atoms with van der Waals surface area (Å²) in [5, 5.41) is 6.93. The molecule has 0 spiro atoms. The average molecular weight is 478 g/mol. The molecule has 180 valence electrons. The van der Waals surface area contributed by atoms with Gasteiger partial charge in [-0.2, -0.15) is 0 Å². The van der Waals surface area contributed by atoms with E-state index in [0.29, 0.717) is 17.4 Å². The van der Waals surface area contributed by atoms with Crippen molar-refractivity contribution in [3.8, 4) is 11.5 Å². The highest BCUT2D eigenvalue weighted by atomic mass is 16.5. The average Bonchev–Trinajstić information content (AvgIpc) is 3.28. The number of amides is 1. The zero-order valence-corrected chi connectivity index (χ0v) is 20.3. The van der Waals surface area contributed by atoms with Crippen molar-refractivity contribution < 1.29 is 9.53 Å². The molecule has 2 heterocycles. The topological polar surface area (TPSA) is 88.5 Å². The number of carbonyl (C=O) groups excluding carboxylic acids is 1. The lowest BCUT2D eigenvalue weighted by Crippen LogP contribution is -2.07. The third-order valence-corrected chi connectivity index (χ3v) is 6.15. The molecule has 1 aliphatic rings. The fraction of sp³-hybridized carbons (Fsp3) is 0.172. The Hall–Kier alpha value is -4.52. The van der Waals surface area contributed by atoms with Crippen LogP contribution in [0.4, 0.5) is 22.9 Å². The van der Waals surface area contributed by atoms with Crippen molar-refractivity contribution in [1.29, 1.82) is 0 Å². The quantitative estimate of drug-likeness (QED) is 0.262. The predicted molar refractivity (Wildman–Crippen MR) is 145 cm³/mol. The van der Waals surface area contributed by atoms with Crippen LogP contribution in [0.2, 0.25) is 0 Å². The Morgan fingerprint density at radius 2 is 1.94 bits per heavy atom. The lowest BCUT2D eigenvalue weighted by Gasteiger charge is -2.14. The predicted octanol–water partition coefficient (Wildman–Crippen LogP) is 7.20. The fourth-order valence-electron chi connectivity index (χ4n) is 4.34. The van der Waals surface area contributed by atoms with E-state index in [0.717, 1.165) is 52.2 Å². The third kappa shape index (κ3) is 4.81. The SMILES string of the molecule is C=CC(=O)Nc1ccc2ncnc(Nc3ccc(Oc4ccc5c(c4)N=CC5CCC)c(C)c3)c2c1. The molecule has 1 aliphatic heterocycles. The van der Waals surface area contributed by atoms with Gasteiger partial charge >= 0.3 is 0 Å². The first-order valence-corrected chi connectivity index (χ1v) is 12.0. The Morgan fingerprint density at radius 1 is 1.08 bits per heavy atom. The summed E-state index contributed by atoms with van der Waals surface area (Å²) < 4.78 is 6.19. The van der Waals surface area contributed by atoms with Gasteiger partial charge in [0.15, 0.2) is 0 Å². The van der Waals surface area contributed by atoms with Crippen LogP contribution < -0.4 is 15.4 Å². The van der Waals surface area contributed by atoms with Crippen LogP contribution in [0, 0.1) is 6.92 Å². The highest BCUT2D eigenvalue weighted by Crippen LogP contribution is 2.39. The highest BCUT2D eigenvalue weighted by Gasteiger charge is 2.19. The van der Waals surface area contributed by atoms with Crippen molar-refractivity contribution in [3.63, 3.8) is 0 Å². The second-order valence-corrected chi connectivity index (χ2v) is 8.75. The first-order chi connectivity index (χ1) is 17.5. The standard InChI is InChI=1S/C29H27N5O2/c1-4-6-19-16-30-26-15-22(9-10-23(19)26)36-27-12-8-20(13-18(27)3)34-29-24-14-21(33-28(35)5-2)7-11-25(24)31-17-32-29/h5,7-17,19H,2,4,6H2,1,3H3,(H,33,35)(H,31,32,34). The van der Waals surface area contributed by atoms with E-state index in [9.17, 15) is 4.79 Å². The minimum atomic E-state index is -0.275. The molecule has 0 bridgehead atoms. The Bertz CT molecular complexity index is 1490. The van der Waals surface area contributed by atoms with Crippen molar-refractivity contribution in [1.82, 2.24) is 9.97 Å². The Labute approximate surface area is 210 Å². The van der Waals surface area contributed by atoms with Crippen LogP contribution in [0.25, 0.3) is 10.9 Å². The monoisotopic (exact) mass is 477 g/mol. The van der Waals surface area contributed by atoms with Crippen LogP contribution in [0.3, 0.4) is 0 Å². The first kappa shape index (κ1) is 23.2. The summed E-state index contributed by atoms with van der Waals surface area (Å²) >= 11 is 0. The zero-order chi connectivity index (χ0) is 25.1. The minimum absolute atomic E-state index is 0.275. The number of rotatable bonds is 8. The molecule has 4 aromatic rings. The maximum Gasteiger partial charge on any atom is 0.247 e. The van der Waals surface area contributed by atoms with Crippen molar-refractivity contribution in [2.75, 3.05) is 10.6 Å². The minimum Gasteiger partial charge on any atom is -0.457 e. The molecule has 1 amide bonds. The number of aliphatic imine (C=N–C) groups is 1. The van der Waals surface area contributed by atoms with E-state index >= 15 is 0 Å². The lowest BCUT2D eigenvalue weighted by molar-refractivity contribution is -0.111. The molecule has 5 rings (SSSR count). The van der Waals surface area contributed by atoms with E-state index in [1.807, 2.05) is 55.6 Å². The van der Waals surface area contributed by atoms with Gasteiger partial charge in [-0.1, -0.05) is 26.0 Å². The van der Waals surface area contributed by atoms with Crippen LogP contribution in [0.15, 0.2) is 78.6 Å². The van der Waals surface area contributed by atoms with Crippen molar-refractivity contribution in [3.05, 3.63) is 84.7 Å². The molecule has 1 aromatic heterocycles. The van der Waals surface area contributed by atoms with Gasteiger partial charge in [0.2, 0.25) is 5.91 Å². The molecular formula is C29H27N5O2. The lowest BCUT2D eigenvalue weighted by atomic mass is 9.96. The number of anilines is 3. The molecule has 36 heavy (non-hydrogen) atoms. The smallest absolute Gasteiger partial charge is 0.247 e. The van der Waals surface area contributed by atoms with Crippen molar-refractivity contribution in [2.45, 2.75) is 32.6 Å². The summed E-state index contributed by atoms with van der Waals surface area (Å²) in [6.45, 7) is 7.69. The molecule has 2 N–H and O–H groups in total. The molecule has 7 nitrogen and oxygen atoms in total. The number of nitrogens with one attached hydrogen (secondary N) is 2. The van der Waals surface area contributed by atoms with Gasteiger partial charge in [-0.25, -0.2) is 9.97 Å². The van der Waals surface area contributed by atoms with Crippen molar-refractivity contribution >= 4 is 45.9 Å². The zero-order valence-electron chi connectivity index (χ0n) is 20.3. The van der Waals surface area contributed by atoms with Crippen LogP contribution in [0.1, 0.15) is 36.8 Å². The largest absolute Gasteiger partial charge is 0.457 e. The van der Waals surface area contributed by atoms with E-state index in [1.165, 1.54) is 18.0 Å². The second kappa shape index (κ2) is 10.00. The van der Waals surface area contributed by atoms with Crippen LogP contribution >= 0.6 is 0 Å². The number of aromatic nitrogens is 2. The maximum atomic E-state index is 11.7. The molecule has 0 fully saturated rings. The van der Waals surface area contributed by atoms with E-state index in [-0.39, 0.29) is 5.91 Å². The normalized spacial score (nSPS) is 13.9. The maximum absolute atomic E-state index is 11.7. The van der Waals surface area contributed by atoms with Gasteiger partial charge < -0.3 is 15.4 Å². The summed E-state index contributed by atoms with van der Waals surface area (Å²) in [4.78, 5) is 25.0. The number of nitrogens with zero attached hydrogens (tertiary/aromatic N) is 3. The van der Waals surface area contributed by atoms with Gasteiger partial charge in [0, 0.05) is 35.0 Å². The summed E-state index contributed by atoms with van der Waals surface area (Å²) in [5.41, 5.74) is 5.50. The number of aryl methyl sites for hydroxylation is 1. The van der Waals surface area contributed by atoms with Gasteiger partial charge in [0.1, 0.15) is 23.6 Å². The Morgan fingerprint density at radius 3 is 2.75 bits per heavy atom. The number of fused-ring (bicyclic) bond motifs is 2. The summed E-state index contributed by atoms with van der Waals surface area (Å²) in [5.74, 6) is 2.31. The summed E-state index contributed by atoms with van der Waals surface area (Å²) in [6, 6.07) is 17.5. The molecule has 1 atom stereocenters. The molecule has 1 unspecified atom stereocenters. The Kier molecular flexibility index (Phi) is 6.45. The number of benzene rings is 3. The molecule has 0 radical (unpaired) electrons. The molecule has 7 heteroatoms. The third-order valence-electron chi connectivity index (χ3n) is 6.15. The van der Waals surface area contributed by atoms with Crippen molar-refractivity contribution in [2.24, 2.45) is 4.99 Å². The molecular weight excluding hydrogens is 450 g/mol. The molecule has 0 saturated heterocycles. The van der Waals surface area contributed by atoms with E-state index in [2.05, 4.69) is 45.2 Å². The fourth-order valence-corrected chi connectivity index (χ4v) is 4.34. The van der Waals surface area contributed by atoms with Crippen LogP contribution in [-0.4, -0.2) is 22.1 Å². The van der Waals surface area contributed by atoms with Gasteiger partial charge in [-0.3, -0.25) is 9.79 Å². The molecule has 0 saturated carbocycles. The molecule has 0 aliphatic carbocycles. The number of carbonyl (C=O) groups is 1. The van der Waals surface area contributed by atoms with Gasteiger partial charge in [-0.15, -0.1) is 0 Å². The van der Waals surface area contributed by atoms with Gasteiger partial charge in [0.05, 0.1) is 11.2 Å². The molecule has 3 aromatic carbocycles. The summed E-state index contributed by atoms with van der Waals surface area (Å²) in [7, 11) is 0. The second-order valence-electron chi connectivity index (χ2n) is 8.75. The summed E-state index contributed by atoms with van der Waals surface area (Å²) in [6.07, 6.45) is 7.02. The van der Waals surface area contributed by atoms with Gasteiger partial charge in [0.25, 0.3) is 0 Å². The van der Waals surface area contributed by atoms with Crippen LogP contribution in [0.5, 0.6) is 11.5 Å². The van der Waals surface area contributed by atoms with Crippen LogP contribution in [-0.2, 0) is 4.79 Å². The van der Waals surface area contributed by atoms with E-state index < -0.39 is 0 Å². The number of ether oxygens (including phenoxy) is 1. The Balaban J connectivity index is 1.35. The van der Waals surface area contributed by atoms with Gasteiger partial charge in [-0.05, 0) is 73.0 Å². The number of hydrogen-bond donors (Lipinski definition) is 2. The van der Waals surface area contributed by atoms with E-state index in [4.69, 9.17) is 4.74 Å². The number of hydrogen-bond acceptors (Lipinski definition) is 6.